The van der Waals surface area contributed by atoms with E-state index in [-0.39, 0.29) is 5.60 Å². The van der Waals surface area contributed by atoms with Crippen LogP contribution in [-0.2, 0) is 10.4 Å². The topological polar surface area (TPSA) is 35.2 Å². The molecule has 0 atom stereocenters. The molecule has 2 N–H and O–H groups in total. The van der Waals surface area contributed by atoms with Crippen LogP contribution in [0.2, 0.25) is 0 Å². The lowest BCUT2D eigenvalue weighted by Gasteiger charge is -2.21. The Kier molecular flexibility index (Phi) is 2.27. The van der Waals surface area contributed by atoms with Crippen LogP contribution in [0.1, 0.15) is 19.4 Å². The third-order valence-electron chi connectivity index (χ3n) is 1.76. The van der Waals surface area contributed by atoms with Crippen molar-refractivity contribution >= 4 is 0 Å². The minimum atomic E-state index is -0.388. The van der Waals surface area contributed by atoms with E-state index in [1.807, 2.05) is 44.2 Å². The smallest absolute Gasteiger partial charge is 0.109 e. The Bertz CT molecular complexity index is 218. The van der Waals surface area contributed by atoms with Crippen molar-refractivity contribution in [3.8, 4) is 0 Å². The molecule has 2 nitrogen and oxygen atoms in total. The van der Waals surface area contributed by atoms with E-state index in [0.29, 0.717) is 0 Å². The second kappa shape index (κ2) is 3.03. The molecule has 0 bridgehead atoms. The van der Waals surface area contributed by atoms with Crippen molar-refractivity contribution in [3.05, 3.63) is 35.9 Å². The van der Waals surface area contributed by atoms with Gasteiger partial charge in [0.05, 0.1) is 0 Å². The van der Waals surface area contributed by atoms with Crippen molar-refractivity contribution in [2.24, 2.45) is 5.90 Å². The lowest BCUT2D eigenvalue weighted by atomic mass is 9.99. The quantitative estimate of drug-likeness (QED) is 0.654. The fourth-order valence-corrected chi connectivity index (χ4v) is 0.908. The van der Waals surface area contributed by atoms with Crippen molar-refractivity contribution in [1.29, 1.82) is 0 Å². The van der Waals surface area contributed by atoms with Gasteiger partial charge in [-0.05, 0) is 19.4 Å². The highest BCUT2D eigenvalue weighted by Gasteiger charge is 2.19. The minimum Gasteiger partial charge on any atom is -0.294 e. The number of hydrogen-bond donors (Lipinski definition) is 1. The third kappa shape index (κ3) is 1.79. The van der Waals surface area contributed by atoms with Gasteiger partial charge in [0.2, 0.25) is 0 Å². The van der Waals surface area contributed by atoms with Gasteiger partial charge in [-0.1, -0.05) is 30.3 Å². The molecule has 2 heteroatoms. The largest absolute Gasteiger partial charge is 0.294 e. The summed E-state index contributed by atoms with van der Waals surface area (Å²) in [6.45, 7) is 3.87. The summed E-state index contributed by atoms with van der Waals surface area (Å²) in [6, 6.07) is 9.89. The Morgan fingerprint density at radius 1 is 1.18 bits per heavy atom. The van der Waals surface area contributed by atoms with Crippen LogP contribution in [0.5, 0.6) is 0 Å². The maximum Gasteiger partial charge on any atom is 0.109 e. The first-order valence-electron chi connectivity index (χ1n) is 3.60. The van der Waals surface area contributed by atoms with Crippen LogP contribution in [0.3, 0.4) is 0 Å². The van der Waals surface area contributed by atoms with Gasteiger partial charge in [0.25, 0.3) is 0 Å². The standard InChI is InChI=1S/C9H13NO/c1-9(2,11-10)8-6-4-3-5-7-8/h3-7H,10H2,1-2H3. The Labute approximate surface area is 66.9 Å². The summed E-state index contributed by atoms with van der Waals surface area (Å²) in [6.07, 6.45) is 0. The first kappa shape index (κ1) is 8.24. The van der Waals surface area contributed by atoms with Gasteiger partial charge >= 0.3 is 0 Å². The molecule has 0 aliphatic carbocycles. The average molecular weight is 151 g/mol. The zero-order chi connectivity index (χ0) is 8.32. The predicted molar refractivity (Wildman–Crippen MR) is 44.7 cm³/mol. The van der Waals surface area contributed by atoms with Gasteiger partial charge in [-0.3, -0.25) is 4.84 Å². The van der Waals surface area contributed by atoms with Crippen molar-refractivity contribution in [2.45, 2.75) is 19.4 Å². The molecule has 60 valence electrons. The van der Waals surface area contributed by atoms with Crippen molar-refractivity contribution in [2.75, 3.05) is 0 Å². The zero-order valence-electron chi connectivity index (χ0n) is 6.87. The molecule has 0 heterocycles. The van der Waals surface area contributed by atoms with Gasteiger partial charge in [0.1, 0.15) is 5.60 Å². The van der Waals surface area contributed by atoms with E-state index >= 15 is 0 Å². The summed E-state index contributed by atoms with van der Waals surface area (Å²) in [5.74, 6) is 5.14. The Balaban J connectivity index is 2.93. The van der Waals surface area contributed by atoms with Crippen LogP contribution in [0.4, 0.5) is 0 Å². The van der Waals surface area contributed by atoms with Crippen LogP contribution < -0.4 is 5.90 Å². The highest BCUT2D eigenvalue weighted by atomic mass is 16.6. The Morgan fingerprint density at radius 3 is 2.18 bits per heavy atom. The zero-order valence-corrected chi connectivity index (χ0v) is 6.87. The normalized spacial score (nSPS) is 11.5. The molecule has 0 amide bonds. The Hall–Kier alpha value is -0.860. The maximum absolute atomic E-state index is 5.14. The summed E-state index contributed by atoms with van der Waals surface area (Å²) in [5.41, 5.74) is 0.698. The van der Waals surface area contributed by atoms with Gasteiger partial charge in [0, 0.05) is 0 Å². The molecule has 1 rings (SSSR count). The van der Waals surface area contributed by atoms with E-state index < -0.39 is 0 Å². The molecule has 0 saturated heterocycles. The minimum absolute atomic E-state index is 0.388. The van der Waals surface area contributed by atoms with Crippen LogP contribution >= 0.6 is 0 Å². The summed E-state index contributed by atoms with van der Waals surface area (Å²) in [5, 5.41) is 0. The van der Waals surface area contributed by atoms with E-state index in [2.05, 4.69) is 0 Å². The molecule has 0 spiro atoms. The molecular weight excluding hydrogens is 138 g/mol. The highest BCUT2D eigenvalue weighted by Crippen LogP contribution is 2.21. The molecule has 0 saturated carbocycles. The van der Waals surface area contributed by atoms with Gasteiger partial charge in [-0.2, -0.15) is 0 Å². The molecule has 0 fully saturated rings. The molecule has 0 unspecified atom stereocenters. The summed E-state index contributed by atoms with van der Waals surface area (Å²) in [7, 11) is 0. The molecule has 0 aromatic heterocycles. The van der Waals surface area contributed by atoms with Crippen molar-refractivity contribution in [3.63, 3.8) is 0 Å². The molecule has 0 aliphatic heterocycles. The van der Waals surface area contributed by atoms with E-state index in [1.54, 1.807) is 0 Å². The third-order valence-corrected chi connectivity index (χ3v) is 1.76. The van der Waals surface area contributed by atoms with Crippen LogP contribution in [0.15, 0.2) is 30.3 Å². The second-order valence-electron chi connectivity index (χ2n) is 2.99. The van der Waals surface area contributed by atoms with Crippen LogP contribution in [0, 0.1) is 0 Å². The first-order valence-corrected chi connectivity index (χ1v) is 3.60. The Morgan fingerprint density at radius 2 is 1.73 bits per heavy atom. The summed E-state index contributed by atoms with van der Waals surface area (Å²) >= 11 is 0. The van der Waals surface area contributed by atoms with Gasteiger partial charge < -0.3 is 0 Å². The second-order valence-corrected chi connectivity index (χ2v) is 2.99. The van der Waals surface area contributed by atoms with E-state index in [9.17, 15) is 0 Å². The van der Waals surface area contributed by atoms with Gasteiger partial charge in [0.15, 0.2) is 0 Å². The van der Waals surface area contributed by atoms with Crippen LogP contribution in [-0.4, -0.2) is 0 Å². The van der Waals surface area contributed by atoms with Crippen molar-refractivity contribution < 1.29 is 4.84 Å². The number of benzene rings is 1. The fraction of sp³-hybridized carbons (Fsp3) is 0.333. The number of hydrogen-bond acceptors (Lipinski definition) is 2. The number of rotatable bonds is 2. The molecular formula is C9H13NO. The van der Waals surface area contributed by atoms with Gasteiger partial charge in [-0.15, -0.1) is 0 Å². The molecule has 0 aliphatic rings. The van der Waals surface area contributed by atoms with E-state index in [4.69, 9.17) is 10.7 Å². The summed E-state index contributed by atoms with van der Waals surface area (Å²) < 4.78 is 0. The molecule has 1 aromatic carbocycles. The average Bonchev–Trinajstić information content (AvgIpc) is 2.06. The molecule has 0 radical (unpaired) electrons. The van der Waals surface area contributed by atoms with Crippen molar-refractivity contribution in [1.82, 2.24) is 0 Å². The van der Waals surface area contributed by atoms with Crippen LogP contribution in [0.25, 0.3) is 0 Å². The van der Waals surface area contributed by atoms with E-state index in [0.717, 1.165) is 5.56 Å². The first-order chi connectivity index (χ1) is 5.17. The summed E-state index contributed by atoms with van der Waals surface area (Å²) in [4.78, 5) is 4.82. The SMILES string of the molecule is CC(C)(ON)c1ccccc1. The molecule has 11 heavy (non-hydrogen) atoms. The fourth-order valence-electron chi connectivity index (χ4n) is 0.908. The monoisotopic (exact) mass is 151 g/mol. The molecule has 1 aromatic rings. The lowest BCUT2D eigenvalue weighted by Crippen LogP contribution is -2.24. The maximum atomic E-state index is 5.14. The highest BCUT2D eigenvalue weighted by molar-refractivity contribution is 5.20. The van der Waals surface area contributed by atoms with E-state index in [1.165, 1.54) is 0 Å². The van der Waals surface area contributed by atoms with Gasteiger partial charge in [-0.25, -0.2) is 5.90 Å². The predicted octanol–water partition coefficient (Wildman–Crippen LogP) is 1.81. The lowest BCUT2D eigenvalue weighted by molar-refractivity contribution is -0.0236. The number of nitrogens with two attached hydrogens (primary N) is 1.